The summed E-state index contributed by atoms with van der Waals surface area (Å²) in [5.74, 6) is -1.04. The molecule has 0 bridgehead atoms. The van der Waals surface area contributed by atoms with Crippen LogP contribution in [0.15, 0.2) is 109 Å². The van der Waals surface area contributed by atoms with E-state index in [9.17, 15) is 14.4 Å². The molecule has 0 saturated carbocycles. The van der Waals surface area contributed by atoms with Gasteiger partial charge in [0.1, 0.15) is 13.2 Å². The zero-order chi connectivity index (χ0) is 48.6. The third kappa shape index (κ3) is 52.9. The lowest BCUT2D eigenvalue weighted by molar-refractivity contribution is -0.167. The van der Waals surface area contributed by atoms with Crippen molar-refractivity contribution in [2.24, 2.45) is 0 Å². The minimum atomic E-state index is -0.828. The molecule has 67 heavy (non-hydrogen) atoms. The molecule has 1 unspecified atom stereocenters. The predicted molar refractivity (Wildman–Crippen MR) is 288 cm³/mol. The highest BCUT2D eigenvalue weighted by Crippen LogP contribution is 2.12. The van der Waals surface area contributed by atoms with Gasteiger partial charge in [0.25, 0.3) is 0 Å². The summed E-state index contributed by atoms with van der Waals surface area (Å²) >= 11 is 0. The third-order valence-corrected chi connectivity index (χ3v) is 11.3. The Hall–Kier alpha value is -3.93. The molecule has 0 aliphatic heterocycles. The first-order valence-electron chi connectivity index (χ1n) is 27.4. The van der Waals surface area contributed by atoms with E-state index in [0.717, 1.165) is 96.3 Å². The lowest BCUT2D eigenvalue weighted by Crippen LogP contribution is -2.30. The maximum atomic E-state index is 12.8. The number of hydrogen-bond donors (Lipinski definition) is 0. The highest BCUT2D eigenvalue weighted by molar-refractivity contribution is 5.71. The molecule has 0 fully saturated rings. The van der Waals surface area contributed by atoms with Crippen LogP contribution in [-0.2, 0) is 28.6 Å². The fourth-order valence-corrected chi connectivity index (χ4v) is 7.16. The monoisotopic (exact) mass is 929 g/mol. The van der Waals surface area contributed by atoms with Gasteiger partial charge < -0.3 is 14.2 Å². The van der Waals surface area contributed by atoms with Crippen LogP contribution in [0.5, 0.6) is 0 Å². The van der Waals surface area contributed by atoms with Crippen molar-refractivity contribution in [3.8, 4) is 0 Å². The molecule has 0 amide bonds. The van der Waals surface area contributed by atoms with Gasteiger partial charge in [-0.25, -0.2) is 0 Å². The van der Waals surface area contributed by atoms with Crippen LogP contribution in [0, 0.1) is 0 Å². The molecule has 6 nitrogen and oxygen atoms in total. The standard InChI is InChI=1S/C61H100O6/c1-4-7-10-13-16-19-22-25-28-31-34-36-39-42-45-48-51-54-60(63)66-57-58(67-61(64)55-52-49-46-43-40-37-33-30-27-24-21-18-15-12-9-6-3)56-65-59(62)53-50-47-44-41-38-35-32-29-26-23-20-17-14-11-8-5-2/h7,10,16,19,25,28-30,32-38,40,42,45,58H,4-6,8-9,11-15,17-18,20-24,26-27,31,39,41,43-44,46-57H2,1-3H3/b10-7-,19-16-,28-25-,32-29-,33-30-,36-34-,38-35-,40-37-,45-42-. The molecular formula is C61H100O6. The van der Waals surface area contributed by atoms with Gasteiger partial charge in [-0.05, 0) is 109 Å². The number of hydrogen-bond acceptors (Lipinski definition) is 6. The van der Waals surface area contributed by atoms with Crippen molar-refractivity contribution in [2.45, 2.75) is 245 Å². The predicted octanol–water partition coefficient (Wildman–Crippen LogP) is 18.3. The van der Waals surface area contributed by atoms with Gasteiger partial charge in [-0.15, -0.1) is 0 Å². The van der Waals surface area contributed by atoms with E-state index in [1.807, 2.05) is 0 Å². The summed E-state index contributed by atoms with van der Waals surface area (Å²) in [6.45, 7) is 6.41. The molecule has 6 heteroatoms. The quantitative estimate of drug-likeness (QED) is 0.0199. The lowest BCUT2D eigenvalue weighted by atomic mass is 10.1. The maximum absolute atomic E-state index is 12.8. The maximum Gasteiger partial charge on any atom is 0.306 e. The molecule has 0 radical (unpaired) electrons. The van der Waals surface area contributed by atoms with Gasteiger partial charge in [0.2, 0.25) is 0 Å². The fourth-order valence-electron chi connectivity index (χ4n) is 7.16. The number of carbonyl (C=O) groups excluding carboxylic acids is 3. The summed E-state index contributed by atoms with van der Waals surface area (Å²) in [5, 5.41) is 0. The molecule has 0 N–H and O–H groups in total. The fraction of sp³-hybridized carbons (Fsp3) is 0.656. The Labute approximate surface area is 412 Å². The average Bonchev–Trinajstić information content (AvgIpc) is 3.33. The van der Waals surface area contributed by atoms with Gasteiger partial charge in [0.05, 0.1) is 0 Å². The van der Waals surface area contributed by atoms with E-state index in [1.165, 1.54) is 89.9 Å². The second-order valence-electron chi connectivity index (χ2n) is 17.8. The summed E-state index contributed by atoms with van der Waals surface area (Å²) in [5.41, 5.74) is 0. The van der Waals surface area contributed by atoms with Crippen molar-refractivity contribution in [1.29, 1.82) is 0 Å². The number of esters is 3. The van der Waals surface area contributed by atoms with Crippen molar-refractivity contribution in [3.05, 3.63) is 109 Å². The molecule has 0 aromatic carbocycles. The smallest absolute Gasteiger partial charge is 0.306 e. The van der Waals surface area contributed by atoms with Crippen LogP contribution in [0.25, 0.3) is 0 Å². The minimum Gasteiger partial charge on any atom is -0.462 e. The summed E-state index contributed by atoms with van der Waals surface area (Å²) in [6.07, 6.45) is 73.7. The third-order valence-electron chi connectivity index (χ3n) is 11.3. The summed E-state index contributed by atoms with van der Waals surface area (Å²) < 4.78 is 16.7. The lowest BCUT2D eigenvalue weighted by Gasteiger charge is -2.18. The van der Waals surface area contributed by atoms with Crippen molar-refractivity contribution in [3.63, 3.8) is 0 Å². The Balaban J connectivity index is 4.58. The van der Waals surface area contributed by atoms with E-state index in [1.54, 1.807) is 0 Å². The van der Waals surface area contributed by atoms with Gasteiger partial charge in [-0.1, -0.05) is 220 Å². The van der Waals surface area contributed by atoms with E-state index in [2.05, 4.69) is 130 Å². The molecule has 0 heterocycles. The van der Waals surface area contributed by atoms with Crippen molar-refractivity contribution < 1.29 is 28.6 Å². The average molecular weight is 929 g/mol. The van der Waals surface area contributed by atoms with Crippen molar-refractivity contribution >= 4 is 17.9 Å². The molecule has 0 saturated heterocycles. The molecule has 380 valence electrons. The second-order valence-corrected chi connectivity index (χ2v) is 17.8. The van der Waals surface area contributed by atoms with Gasteiger partial charge in [0.15, 0.2) is 6.10 Å². The van der Waals surface area contributed by atoms with Crippen LogP contribution in [0.4, 0.5) is 0 Å². The first kappa shape index (κ1) is 63.1. The number of ether oxygens (including phenoxy) is 3. The molecule has 0 spiro atoms. The summed E-state index contributed by atoms with van der Waals surface area (Å²) in [4.78, 5) is 38.0. The number of allylic oxidation sites excluding steroid dienone is 18. The highest BCUT2D eigenvalue weighted by Gasteiger charge is 2.19. The van der Waals surface area contributed by atoms with E-state index < -0.39 is 6.10 Å². The van der Waals surface area contributed by atoms with Crippen molar-refractivity contribution in [1.82, 2.24) is 0 Å². The Morgan fingerprint density at radius 2 is 0.642 bits per heavy atom. The van der Waals surface area contributed by atoms with Crippen molar-refractivity contribution in [2.75, 3.05) is 13.2 Å². The Morgan fingerprint density at radius 3 is 1.04 bits per heavy atom. The number of unbranched alkanes of at least 4 members (excludes halogenated alkanes) is 21. The Bertz CT molecular complexity index is 1390. The van der Waals surface area contributed by atoms with Crippen LogP contribution in [0.3, 0.4) is 0 Å². The highest BCUT2D eigenvalue weighted by atomic mass is 16.6. The molecule has 0 aliphatic carbocycles. The SMILES string of the molecule is CC/C=C\C/C=C\C/C=C\C/C=C\C/C=C\CCCC(=O)OCC(COC(=O)CCCCC/C=C\C=C/CCCCCCCCC)OC(=O)CCCCC/C=C\C=C/CCCCCCCCC. The molecule has 0 rings (SSSR count). The van der Waals surface area contributed by atoms with Crippen LogP contribution < -0.4 is 0 Å². The van der Waals surface area contributed by atoms with E-state index in [-0.39, 0.29) is 44.0 Å². The Kier molecular flexibility index (Phi) is 51.5. The zero-order valence-electron chi connectivity index (χ0n) is 43.4. The molecule has 1 atom stereocenters. The van der Waals surface area contributed by atoms with Gasteiger partial charge in [-0.2, -0.15) is 0 Å². The van der Waals surface area contributed by atoms with E-state index >= 15 is 0 Å². The minimum absolute atomic E-state index is 0.122. The molecule has 0 aromatic rings. The topological polar surface area (TPSA) is 78.9 Å². The number of rotatable bonds is 48. The van der Waals surface area contributed by atoms with Gasteiger partial charge in [-0.3, -0.25) is 14.4 Å². The molecule has 0 aliphatic rings. The molecule has 0 aromatic heterocycles. The summed E-state index contributed by atoms with van der Waals surface area (Å²) in [7, 11) is 0. The normalized spacial score (nSPS) is 12.9. The Morgan fingerprint density at radius 1 is 0.328 bits per heavy atom. The van der Waals surface area contributed by atoms with Gasteiger partial charge >= 0.3 is 17.9 Å². The second kappa shape index (κ2) is 54.7. The first-order valence-corrected chi connectivity index (χ1v) is 27.4. The van der Waals surface area contributed by atoms with Crippen LogP contribution in [-0.4, -0.2) is 37.2 Å². The van der Waals surface area contributed by atoms with E-state index in [4.69, 9.17) is 14.2 Å². The molecular weight excluding hydrogens is 829 g/mol. The van der Waals surface area contributed by atoms with Gasteiger partial charge in [0, 0.05) is 19.3 Å². The summed E-state index contributed by atoms with van der Waals surface area (Å²) in [6, 6.07) is 0. The first-order chi connectivity index (χ1) is 33.0. The largest absolute Gasteiger partial charge is 0.462 e. The van der Waals surface area contributed by atoms with Crippen LogP contribution in [0.1, 0.15) is 239 Å². The van der Waals surface area contributed by atoms with Crippen LogP contribution in [0.2, 0.25) is 0 Å². The van der Waals surface area contributed by atoms with E-state index in [0.29, 0.717) is 19.3 Å². The zero-order valence-corrected chi connectivity index (χ0v) is 43.4. The number of carbonyl (C=O) groups is 3. The van der Waals surface area contributed by atoms with Crippen LogP contribution >= 0.6 is 0 Å².